The molecule has 0 aromatic heterocycles. The van der Waals surface area contributed by atoms with Gasteiger partial charge in [0.2, 0.25) is 0 Å². The number of hydrogen-bond acceptors (Lipinski definition) is 6. The number of hydrogen-bond donors (Lipinski definition) is 2. The number of aliphatic hydroxyl groups is 2. The molecule has 1 saturated heterocycles. The second kappa shape index (κ2) is 8.39. The summed E-state index contributed by atoms with van der Waals surface area (Å²) in [6, 6.07) is 11.7. The second-order valence-corrected chi connectivity index (χ2v) is 5.56. The van der Waals surface area contributed by atoms with E-state index in [2.05, 4.69) is 0 Å². The number of aliphatic hydroxyl groups excluding tert-OH is 2. The van der Waals surface area contributed by atoms with E-state index in [1.807, 2.05) is 43.3 Å². The maximum absolute atomic E-state index is 10.1. The van der Waals surface area contributed by atoms with Crippen molar-refractivity contribution >= 4 is 0 Å². The zero-order chi connectivity index (χ0) is 16.8. The fourth-order valence-corrected chi connectivity index (χ4v) is 2.74. The van der Waals surface area contributed by atoms with Gasteiger partial charge in [0.15, 0.2) is 6.29 Å². The average Bonchev–Trinajstić information content (AvgIpc) is 2.59. The third kappa shape index (κ3) is 4.08. The maximum Gasteiger partial charge on any atom is 0.176 e. The number of nitrogens with zero attached hydrogens (tertiary/aromatic N) is 1. The molecule has 0 radical (unpaired) electrons. The Hall–Kier alpha value is -1.49. The third-order valence-electron chi connectivity index (χ3n) is 4.09. The van der Waals surface area contributed by atoms with E-state index in [-0.39, 0.29) is 12.7 Å². The highest BCUT2D eigenvalue weighted by atomic mass is 16.7. The summed E-state index contributed by atoms with van der Waals surface area (Å²) in [5, 5.41) is 29.3. The topological polar surface area (TPSA) is 91.9 Å². The van der Waals surface area contributed by atoms with Crippen molar-refractivity contribution in [2.45, 2.75) is 44.1 Å². The van der Waals surface area contributed by atoms with Crippen LogP contribution in [0.4, 0.5) is 0 Å². The molecule has 6 heteroatoms. The van der Waals surface area contributed by atoms with Crippen LogP contribution in [-0.2, 0) is 14.2 Å². The molecule has 1 heterocycles. The van der Waals surface area contributed by atoms with Crippen LogP contribution in [0.5, 0.6) is 0 Å². The van der Waals surface area contributed by atoms with Crippen molar-refractivity contribution in [1.29, 1.82) is 5.26 Å². The molecule has 126 valence electrons. The van der Waals surface area contributed by atoms with Gasteiger partial charge in [-0.3, -0.25) is 0 Å². The summed E-state index contributed by atoms with van der Waals surface area (Å²) >= 11 is 0. The number of benzene rings is 1. The maximum atomic E-state index is 10.1. The average molecular weight is 321 g/mol. The number of methoxy groups -OCH3 is 1. The largest absolute Gasteiger partial charge is 0.389 e. The number of ether oxygens (including phenoxy) is 3. The predicted octanol–water partition coefficient (Wildman–Crippen LogP) is 1.39. The van der Waals surface area contributed by atoms with Crippen LogP contribution in [0.3, 0.4) is 0 Å². The van der Waals surface area contributed by atoms with Crippen LogP contribution in [0.25, 0.3) is 0 Å². The van der Waals surface area contributed by atoms with E-state index in [9.17, 15) is 10.2 Å². The van der Waals surface area contributed by atoms with E-state index in [1.165, 1.54) is 7.11 Å². The van der Waals surface area contributed by atoms with Crippen molar-refractivity contribution in [3.63, 3.8) is 0 Å². The lowest BCUT2D eigenvalue weighted by atomic mass is 9.92. The van der Waals surface area contributed by atoms with Gasteiger partial charge in [-0.2, -0.15) is 5.26 Å². The molecule has 0 spiro atoms. The lowest BCUT2D eigenvalue weighted by molar-refractivity contribution is -0.272. The van der Waals surface area contributed by atoms with Crippen molar-refractivity contribution < 1.29 is 24.4 Å². The predicted molar refractivity (Wildman–Crippen MR) is 82.2 cm³/mol. The van der Waals surface area contributed by atoms with Gasteiger partial charge in [-0.1, -0.05) is 37.3 Å². The monoisotopic (exact) mass is 321 g/mol. The van der Waals surface area contributed by atoms with Crippen LogP contribution in [0.15, 0.2) is 30.3 Å². The number of nitriles is 1. The van der Waals surface area contributed by atoms with Crippen LogP contribution in [0.2, 0.25) is 0 Å². The first-order valence-electron chi connectivity index (χ1n) is 7.72. The minimum absolute atomic E-state index is 0.101. The van der Waals surface area contributed by atoms with Crippen molar-refractivity contribution in [3.8, 4) is 6.07 Å². The zero-order valence-corrected chi connectivity index (χ0v) is 13.3. The molecule has 6 atom stereocenters. The minimum Gasteiger partial charge on any atom is -0.389 e. The molecular weight excluding hydrogens is 298 g/mol. The van der Waals surface area contributed by atoms with Crippen LogP contribution < -0.4 is 0 Å². The van der Waals surface area contributed by atoms with E-state index >= 15 is 0 Å². The van der Waals surface area contributed by atoms with Gasteiger partial charge in [0.05, 0.1) is 18.8 Å². The van der Waals surface area contributed by atoms with E-state index < -0.39 is 30.5 Å². The van der Waals surface area contributed by atoms with Crippen molar-refractivity contribution in [1.82, 2.24) is 0 Å². The first-order chi connectivity index (χ1) is 11.1. The van der Waals surface area contributed by atoms with Crippen molar-refractivity contribution in [2.75, 3.05) is 13.7 Å². The summed E-state index contributed by atoms with van der Waals surface area (Å²) in [6.45, 7) is 2.11. The minimum atomic E-state index is -1.23. The summed E-state index contributed by atoms with van der Waals surface area (Å²) < 4.78 is 16.5. The Morgan fingerprint density at radius 3 is 2.52 bits per heavy atom. The first kappa shape index (κ1) is 17.9. The molecule has 0 aliphatic carbocycles. The summed E-state index contributed by atoms with van der Waals surface area (Å²) in [7, 11) is 1.40. The molecular formula is C17H23NO5. The first-order valence-corrected chi connectivity index (χ1v) is 7.72. The quantitative estimate of drug-likeness (QED) is 0.822. The van der Waals surface area contributed by atoms with Crippen LogP contribution in [0.1, 0.15) is 25.0 Å². The summed E-state index contributed by atoms with van der Waals surface area (Å²) in [4.78, 5) is 0. The Morgan fingerprint density at radius 2 is 1.96 bits per heavy atom. The Labute approximate surface area is 136 Å². The Morgan fingerprint density at radius 1 is 1.26 bits per heavy atom. The molecule has 2 rings (SSSR count). The van der Waals surface area contributed by atoms with Gasteiger partial charge < -0.3 is 24.4 Å². The van der Waals surface area contributed by atoms with Crippen molar-refractivity contribution in [2.24, 2.45) is 5.92 Å². The molecule has 1 aromatic carbocycles. The van der Waals surface area contributed by atoms with Gasteiger partial charge in [-0.25, -0.2) is 0 Å². The molecule has 6 nitrogen and oxygen atoms in total. The van der Waals surface area contributed by atoms with Gasteiger partial charge in [0, 0.05) is 7.11 Å². The SMILES string of the molecule is CC[C@H](OC[C@H]1O[C@H](OC)[C@@H](C#N)[C@H](O)[C@@H]1O)c1ccccc1. The van der Waals surface area contributed by atoms with E-state index in [1.54, 1.807) is 0 Å². The fraction of sp³-hybridized carbons (Fsp3) is 0.588. The Bertz CT molecular complexity index is 515. The fourth-order valence-electron chi connectivity index (χ4n) is 2.74. The molecule has 1 aliphatic heterocycles. The molecule has 0 saturated carbocycles. The smallest absolute Gasteiger partial charge is 0.176 e. The van der Waals surface area contributed by atoms with Crippen LogP contribution >= 0.6 is 0 Å². The molecule has 1 fully saturated rings. The summed E-state index contributed by atoms with van der Waals surface area (Å²) in [5.41, 5.74) is 1.04. The number of rotatable bonds is 6. The van der Waals surface area contributed by atoms with Gasteiger partial charge in [-0.15, -0.1) is 0 Å². The zero-order valence-electron chi connectivity index (χ0n) is 13.3. The summed E-state index contributed by atoms with van der Waals surface area (Å²) in [6.07, 6.45) is -3.42. The van der Waals surface area contributed by atoms with Crippen LogP contribution in [0, 0.1) is 17.2 Å². The Kier molecular flexibility index (Phi) is 6.51. The molecule has 0 bridgehead atoms. The third-order valence-corrected chi connectivity index (χ3v) is 4.09. The van der Waals surface area contributed by atoms with Gasteiger partial charge >= 0.3 is 0 Å². The molecule has 0 unspecified atom stereocenters. The molecule has 1 aromatic rings. The van der Waals surface area contributed by atoms with Crippen molar-refractivity contribution in [3.05, 3.63) is 35.9 Å². The molecule has 1 aliphatic rings. The standard InChI is InChI=1S/C17H23NO5/c1-3-13(11-7-5-4-6-8-11)22-10-14-16(20)15(19)12(9-18)17(21-2)23-14/h4-8,12-17,19-20H,3,10H2,1-2H3/t12-,13-,14+,15-,16+,17-/m0/s1. The Balaban J connectivity index is 2.00. The van der Waals surface area contributed by atoms with Crippen LogP contribution in [-0.4, -0.2) is 48.5 Å². The lowest BCUT2D eigenvalue weighted by Gasteiger charge is -2.39. The lowest BCUT2D eigenvalue weighted by Crippen LogP contribution is -2.56. The molecule has 0 amide bonds. The van der Waals surface area contributed by atoms with E-state index in [4.69, 9.17) is 19.5 Å². The second-order valence-electron chi connectivity index (χ2n) is 5.56. The van der Waals surface area contributed by atoms with E-state index in [0.29, 0.717) is 0 Å². The molecule has 23 heavy (non-hydrogen) atoms. The van der Waals surface area contributed by atoms with Gasteiger partial charge in [-0.05, 0) is 12.0 Å². The highest BCUT2D eigenvalue weighted by molar-refractivity contribution is 5.17. The highest BCUT2D eigenvalue weighted by Crippen LogP contribution is 2.28. The molecule has 2 N–H and O–H groups in total. The summed E-state index contributed by atoms with van der Waals surface area (Å²) in [5.74, 6) is -0.928. The van der Waals surface area contributed by atoms with E-state index in [0.717, 1.165) is 12.0 Å². The van der Waals surface area contributed by atoms with Gasteiger partial charge in [0.1, 0.15) is 24.2 Å². The van der Waals surface area contributed by atoms with Gasteiger partial charge in [0.25, 0.3) is 0 Å². The highest BCUT2D eigenvalue weighted by Gasteiger charge is 2.45. The normalized spacial score (nSPS) is 32.2.